The Morgan fingerprint density at radius 3 is 2.53 bits per heavy atom. The molecule has 2 N–H and O–H groups in total. The molecule has 0 aromatic heterocycles. The Balaban J connectivity index is 1.54. The summed E-state index contributed by atoms with van der Waals surface area (Å²) >= 11 is 0. The number of carbonyl (C=O) groups is 3. The highest BCUT2D eigenvalue weighted by molar-refractivity contribution is 6.15. The second-order valence-electron chi connectivity index (χ2n) is 9.40. The fourth-order valence-corrected chi connectivity index (χ4v) is 5.65. The maximum absolute atomic E-state index is 14.2. The van der Waals surface area contributed by atoms with Gasteiger partial charge in [0.1, 0.15) is 11.4 Å². The molecule has 6 nitrogen and oxygen atoms in total. The molecule has 166 valence electrons. The molecule has 3 amide bonds. The van der Waals surface area contributed by atoms with E-state index in [1.807, 2.05) is 44.2 Å². The van der Waals surface area contributed by atoms with Gasteiger partial charge in [0.25, 0.3) is 0 Å². The van der Waals surface area contributed by atoms with E-state index in [9.17, 15) is 18.8 Å². The molecular formula is C25H26FN3O3. The van der Waals surface area contributed by atoms with Crippen molar-refractivity contribution in [2.45, 2.75) is 38.3 Å². The lowest BCUT2D eigenvalue weighted by Gasteiger charge is -2.30. The molecule has 3 aliphatic rings. The van der Waals surface area contributed by atoms with Crippen LogP contribution in [0.4, 0.5) is 10.1 Å². The number of hydrogen-bond acceptors (Lipinski definition) is 4. The van der Waals surface area contributed by atoms with Crippen LogP contribution in [0.25, 0.3) is 0 Å². The van der Waals surface area contributed by atoms with Crippen molar-refractivity contribution in [3.63, 3.8) is 0 Å². The number of anilines is 1. The average Bonchev–Trinajstić information content (AvgIpc) is 3.32. The third-order valence-electron chi connectivity index (χ3n) is 6.96. The number of imide groups is 1. The molecule has 3 aliphatic heterocycles. The molecule has 0 aliphatic carbocycles. The summed E-state index contributed by atoms with van der Waals surface area (Å²) in [5, 5.41) is 6.14. The van der Waals surface area contributed by atoms with Gasteiger partial charge in [-0.25, -0.2) is 4.39 Å². The third kappa shape index (κ3) is 2.98. The van der Waals surface area contributed by atoms with Crippen molar-refractivity contribution < 1.29 is 18.8 Å². The van der Waals surface area contributed by atoms with E-state index in [1.54, 1.807) is 0 Å². The standard InChI is InChI=1S/C25H26FN3O3/c1-14(2)12-19-20-21(23(31)29(22(20)30)11-10-15-6-4-3-5-7-15)25(28-19)17-13-16(26)8-9-18(17)27-24(25)32/h3-9,13-14,19-21,28H,10-12H2,1-2H3,(H,27,32)/t19-,20+,21-,25+/m0/s1. The highest BCUT2D eigenvalue weighted by Crippen LogP contribution is 2.53. The van der Waals surface area contributed by atoms with Crippen LogP contribution in [0, 0.1) is 23.6 Å². The minimum atomic E-state index is -1.43. The highest BCUT2D eigenvalue weighted by atomic mass is 19.1. The van der Waals surface area contributed by atoms with Gasteiger partial charge in [0.05, 0.1) is 11.8 Å². The largest absolute Gasteiger partial charge is 0.324 e. The van der Waals surface area contributed by atoms with Crippen molar-refractivity contribution in [3.8, 4) is 0 Å². The molecule has 5 rings (SSSR count). The molecule has 0 radical (unpaired) electrons. The van der Waals surface area contributed by atoms with Gasteiger partial charge in [0.2, 0.25) is 17.7 Å². The minimum absolute atomic E-state index is 0.247. The van der Waals surface area contributed by atoms with E-state index >= 15 is 0 Å². The number of benzene rings is 2. The van der Waals surface area contributed by atoms with Gasteiger partial charge in [-0.3, -0.25) is 24.6 Å². The van der Waals surface area contributed by atoms with Crippen LogP contribution in [0.15, 0.2) is 48.5 Å². The van der Waals surface area contributed by atoms with Crippen LogP contribution in [0.5, 0.6) is 0 Å². The van der Waals surface area contributed by atoms with E-state index in [-0.39, 0.29) is 30.3 Å². The molecule has 1 spiro atoms. The van der Waals surface area contributed by atoms with E-state index in [0.717, 1.165) is 5.56 Å². The van der Waals surface area contributed by atoms with E-state index in [0.29, 0.717) is 24.1 Å². The van der Waals surface area contributed by atoms with Crippen LogP contribution in [0.2, 0.25) is 0 Å². The van der Waals surface area contributed by atoms with Gasteiger partial charge < -0.3 is 5.32 Å². The van der Waals surface area contributed by atoms with E-state index in [4.69, 9.17) is 0 Å². The monoisotopic (exact) mass is 435 g/mol. The second-order valence-corrected chi connectivity index (χ2v) is 9.40. The Morgan fingerprint density at radius 1 is 1.06 bits per heavy atom. The first-order valence-corrected chi connectivity index (χ1v) is 11.1. The maximum atomic E-state index is 14.2. The first kappa shape index (κ1) is 20.8. The molecule has 32 heavy (non-hydrogen) atoms. The molecule has 0 unspecified atom stereocenters. The first-order chi connectivity index (χ1) is 15.3. The quantitative estimate of drug-likeness (QED) is 0.708. The third-order valence-corrected chi connectivity index (χ3v) is 6.96. The molecular weight excluding hydrogens is 409 g/mol. The number of carbonyl (C=O) groups excluding carboxylic acids is 3. The van der Waals surface area contributed by atoms with E-state index in [1.165, 1.54) is 23.1 Å². The lowest BCUT2D eigenvalue weighted by molar-refractivity contribution is -0.142. The predicted octanol–water partition coefficient (Wildman–Crippen LogP) is 2.83. The normalized spacial score (nSPS) is 28.6. The summed E-state index contributed by atoms with van der Waals surface area (Å²) in [7, 11) is 0. The maximum Gasteiger partial charge on any atom is 0.250 e. The zero-order chi connectivity index (χ0) is 22.6. The zero-order valence-electron chi connectivity index (χ0n) is 18.1. The van der Waals surface area contributed by atoms with Gasteiger partial charge in [-0.2, -0.15) is 0 Å². The van der Waals surface area contributed by atoms with Gasteiger partial charge in [0.15, 0.2) is 0 Å². The van der Waals surface area contributed by atoms with Crippen molar-refractivity contribution in [3.05, 3.63) is 65.5 Å². The van der Waals surface area contributed by atoms with Crippen LogP contribution in [0.3, 0.4) is 0 Å². The molecule has 2 saturated heterocycles. The number of nitrogens with one attached hydrogen (secondary N) is 2. The van der Waals surface area contributed by atoms with Crippen LogP contribution in [-0.4, -0.2) is 35.2 Å². The van der Waals surface area contributed by atoms with Gasteiger partial charge in [0, 0.05) is 23.8 Å². The molecule has 2 fully saturated rings. The molecule has 3 heterocycles. The van der Waals surface area contributed by atoms with Gasteiger partial charge >= 0.3 is 0 Å². The topological polar surface area (TPSA) is 78.5 Å². The van der Waals surface area contributed by atoms with Crippen LogP contribution >= 0.6 is 0 Å². The first-order valence-electron chi connectivity index (χ1n) is 11.1. The van der Waals surface area contributed by atoms with Gasteiger partial charge in [-0.05, 0) is 42.5 Å². The summed E-state index contributed by atoms with van der Waals surface area (Å²) in [5.41, 5.74) is 0.490. The molecule has 0 saturated carbocycles. The van der Waals surface area contributed by atoms with Crippen LogP contribution < -0.4 is 10.6 Å². The van der Waals surface area contributed by atoms with Crippen LogP contribution in [-0.2, 0) is 26.3 Å². The summed E-state index contributed by atoms with van der Waals surface area (Å²) in [5.74, 6) is -2.78. The Bertz CT molecular complexity index is 1100. The SMILES string of the molecule is CC(C)C[C@@H]1N[C@@]2(C(=O)Nc3ccc(F)cc32)[C@@H]2C(=O)N(CCc3ccccc3)C(=O)[C@H]12. The average molecular weight is 435 g/mol. The molecule has 0 bridgehead atoms. The van der Waals surface area contributed by atoms with E-state index in [2.05, 4.69) is 10.6 Å². The highest BCUT2D eigenvalue weighted by Gasteiger charge is 2.70. The summed E-state index contributed by atoms with van der Waals surface area (Å²) in [6.45, 7) is 4.34. The van der Waals surface area contributed by atoms with Gasteiger partial charge in [-0.1, -0.05) is 44.2 Å². The summed E-state index contributed by atoms with van der Waals surface area (Å²) in [6.07, 6.45) is 1.18. The van der Waals surface area contributed by atoms with Crippen LogP contribution in [0.1, 0.15) is 31.4 Å². The smallest absolute Gasteiger partial charge is 0.250 e. The Hall–Kier alpha value is -3.06. The molecule has 4 atom stereocenters. The van der Waals surface area contributed by atoms with Crippen molar-refractivity contribution in [1.29, 1.82) is 0 Å². The summed E-state index contributed by atoms with van der Waals surface area (Å²) in [6, 6.07) is 13.4. The number of likely N-dealkylation sites (tertiary alicyclic amines) is 1. The zero-order valence-corrected chi connectivity index (χ0v) is 18.1. The number of hydrogen-bond donors (Lipinski definition) is 2. The van der Waals surface area contributed by atoms with Crippen molar-refractivity contribution in [2.75, 3.05) is 11.9 Å². The Morgan fingerprint density at radius 2 is 1.81 bits per heavy atom. The number of amides is 3. The summed E-state index contributed by atoms with van der Waals surface area (Å²) < 4.78 is 14.2. The Kier molecular flexibility index (Phi) is 4.89. The lowest BCUT2D eigenvalue weighted by Crippen LogP contribution is -2.53. The van der Waals surface area contributed by atoms with E-state index < -0.39 is 29.1 Å². The number of halogens is 1. The van der Waals surface area contributed by atoms with Crippen molar-refractivity contribution in [1.82, 2.24) is 10.2 Å². The van der Waals surface area contributed by atoms with Crippen molar-refractivity contribution in [2.24, 2.45) is 17.8 Å². The minimum Gasteiger partial charge on any atom is -0.324 e. The fraction of sp³-hybridized carbons (Fsp3) is 0.400. The second kappa shape index (κ2) is 7.52. The summed E-state index contributed by atoms with van der Waals surface area (Å²) in [4.78, 5) is 41.7. The fourth-order valence-electron chi connectivity index (χ4n) is 5.65. The number of fused-ring (bicyclic) bond motifs is 4. The molecule has 7 heteroatoms. The predicted molar refractivity (Wildman–Crippen MR) is 117 cm³/mol. The molecule has 2 aromatic carbocycles. The van der Waals surface area contributed by atoms with Gasteiger partial charge in [-0.15, -0.1) is 0 Å². The Labute approximate surface area is 186 Å². The lowest BCUT2D eigenvalue weighted by atomic mass is 9.76. The number of rotatable bonds is 5. The molecule has 2 aromatic rings. The number of nitrogens with zero attached hydrogens (tertiary/aromatic N) is 1. The van der Waals surface area contributed by atoms with Crippen molar-refractivity contribution >= 4 is 23.4 Å².